The Kier molecular flexibility index (Phi) is 4.83. The molecule has 2 fully saturated rings. The Morgan fingerprint density at radius 1 is 1.32 bits per heavy atom. The molecule has 2 aromatic rings. The largest absolute Gasteiger partial charge is 0.497 e. The van der Waals surface area contributed by atoms with Gasteiger partial charge in [-0.2, -0.15) is 0 Å². The summed E-state index contributed by atoms with van der Waals surface area (Å²) in [5.74, 6) is 0.579. The van der Waals surface area contributed by atoms with Crippen LogP contribution in [0.1, 0.15) is 31.4 Å². The topological polar surface area (TPSA) is 92.9 Å². The van der Waals surface area contributed by atoms with Gasteiger partial charge in [-0.05, 0) is 49.9 Å². The van der Waals surface area contributed by atoms with Crippen molar-refractivity contribution in [2.24, 2.45) is 11.3 Å². The Morgan fingerprint density at radius 3 is 2.71 bits per heavy atom. The number of nitrogens with zero attached hydrogens (tertiary/aromatic N) is 2. The maximum absolute atomic E-state index is 12.5. The zero-order valence-electron chi connectivity index (χ0n) is 15.9. The summed E-state index contributed by atoms with van der Waals surface area (Å²) in [6.07, 6.45) is 3.27. The molecule has 7 heteroatoms. The van der Waals surface area contributed by atoms with Gasteiger partial charge in [-0.3, -0.25) is 9.59 Å². The van der Waals surface area contributed by atoms with E-state index in [0.29, 0.717) is 30.8 Å². The van der Waals surface area contributed by atoms with E-state index >= 15 is 0 Å². The van der Waals surface area contributed by atoms with E-state index in [1.165, 1.54) is 0 Å². The number of hydrogen-bond acceptors (Lipinski definition) is 5. The van der Waals surface area contributed by atoms with Crippen LogP contribution >= 0.6 is 0 Å². The molecule has 1 saturated carbocycles. The van der Waals surface area contributed by atoms with Gasteiger partial charge in [-0.25, -0.2) is 0 Å². The summed E-state index contributed by atoms with van der Waals surface area (Å²) in [5, 5.41) is 14.1. The normalized spacial score (nSPS) is 22.1. The van der Waals surface area contributed by atoms with Crippen LogP contribution in [0, 0.1) is 11.3 Å². The number of hydrogen-bond donors (Lipinski definition) is 1. The summed E-state index contributed by atoms with van der Waals surface area (Å²) < 4.78 is 10.6. The Bertz CT molecular complexity index is 871. The van der Waals surface area contributed by atoms with E-state index in [1.807, 2.05) is 24.3 Å². The summed E-state index contributed by atoms with van der Waals surface area (Å²) in [6, 6.07) is 9.22. The van der Waals surface area contributed by atoms with E-state index in [-0.39, 0.29) is 24.8 Å². The monoisotopic (exact) mass is 384 g/mol. The molecule has 1 aliphatic heterocycles. The number of carbonyl (C=O) groups is 2. The van der Waals surface area contributed by atoms with Crippen LogP contribution in [0.4, 0.5) is 0 Å². The minimum absolute atomic E-state index is 0.0940. The van der Waals surface area contributed by atoms with E-state index in [2.05, 4.69) is 5.16 Å². The quantitative estimate of drug-likeness (QED) is 0.823. The average molecular weight is 384 g/mol. The fourth-order valence-electron chi connectivity index (χ4n) is 3.93. The van der Waals surface area contributed by atoms with E-state index in [1.54, 1.807) is 18.1 Å². The molecule has 2 aliphatic rings. The molecule has 0 unspecified atom stereocenters. The molecule has 1 amide bonds. The molecule has 0 radical (unpaired) electrons. The number of piperidine rings is 1. The molecule has 1 aromatic carbocycles. The number of aromatic nitrogens is 1. The van der Waals surface area contributed by atoms with Crippen molar-refractivity contribution in [1.29, 1.82) is 0 Å². The van der Waals surface area contributed by atoms with Crippen molar-refractivity contribution in [2.75, 3.05) is 20.2 Å². The second-order valence-electron chi connectivity index (χ2n) is 7.81. The molecular formula is C21H24N2O5. The fraction of sp³-hybridized carbons (Fsp3) is 0.476. The molecule has 2 heterocycles. The van der Waals surface area contributed by atoms with Gasteiger partial charge in [0.2, 0.25) is 5.91 Å². The minimum atomic E-state index is -1.03. The van der Waals surface area contributed by atoms with Gasteiger partial charge in [-0.15, -0.1) is 0 Å². The number of benzene rings is 1. The molecule has 1 saturated heterocycles. The zero-order chi connectivity index (χ0) is 19.7. The number of aliphatic carboxylic acids is 1. The molecule has 28 heavy (non-hydrogen) atoms. The molecule has 0 bridgehead atoms. The number of methoxy groups -OCH3 is 1. The Balaban J connectivity index is 1.52. The van der Waals surface area contributed by atoms with Gasteiger partial charge in [0.25, 0.3) is 0 Å². The van der Waals surface area contributed by atoms with Crippen LogP contribution < -0.4 is 4.74 Å². The van der Waals surface area contributed by atoms with E-state index in [0.717, 1.165) is 24.2 Å². The third-order valence-electron chi connectivity index (χ3n) is 5.73. The summed E-state index contributed by atoms with van der Waals surface area (Å²) >= 11 is 0. The molecule has 4 rings (SSSR count). The molecular weight excluding hydrogens is 360 g/mol. The highest BCUT2D eigenvalue weighted by Gasteiger charge is 2.46. The number of carboxylic acid groups (broad SMARTS) is 1. The zero-order valence-corrected chi connectivity index (χ0v) is 15.9. The lowest BCUT2D eigenvalue weighted by Crippen LogP contribution is -2.51. The first-order chi connectivity index (χ1) is 13.5. The Labute approximate surface area is 163 Å². The van der Waals surface area contributed by atoms with Crippen LogP contribution in [-0.4, -0.2) is 47.2 Å². The van der Waals surface area contributed by atoms with Crippen LogP contribution in [0.5, 0.6) is 5.75 Å². The number of ether oxygens (including phenoxy) is 1. The maximum Gasteiger partial charge on any atom is 0.311 e. The third-order valence-corrected chi connectivity index (χ3v) is 5.73. The van der Waals surface area contributed by atoms with E-state index in [9.17, 15) is 14.7 Å². The standard InChI is InChI=1S/C21H24N2O5/c1-27-16-7-5-14(6-8-16)18-11-17(28-22-18)12-21(20(25)26)9-2-10-23(13-21)19(24)15-3-4-15/h5-8,11,15H,2-4,9-10,12-13H2,1H3,(H,25,26)/t21-/m1/s1. The van der Waals surface area contributed by atoms with Gasteiger partial charge in [0.15, 0.2) is 0 Å². The lowest BCUT2D eigenvalue weighted by atomic mass is 9.76. The molecule has 1 aliphatic carbocycles. The van der Waals surface area contributed by atoms with Crippen molar-refractivity contribution >= 4 is 11.9 Å². The molecule has 0 spiro atoms. The second kappa shape index (κ2) is 7.30. The molecule has 148 valence electrons. The number of carboxylic acids is 1. The smallest absolute Gasteiger partial charge is 0.311 e. The van der Waals surface area contributed by atoms with E-state index < -0.39 is 11.4 Å². The van der Waals surface area contributed by atoms with Gasteiger partial charge in [-0.1, -0.05) is 5.16 Å². The highest BCUT2D eigenvalue weighted by Crippen LogP contribution is 2.38. The molecule has 1 atom stereocenters. The lowest BCUT2D eigenvalue weighted by Gasteiger charge is -2.39. The summed E-state index contributed by atoms with van der Waals surface area (Å²) in [5.41, 5.74) is 0.494. The van der Waals surface area contributed by atoms with Crippen molar-refractivity contribution in [2.45, 2.75) is 32.1 Å². The molecule has 1 N–H and O–H groups in total. The van der Waals surface area contributed by atoms with Crippen LogP contribution in [0.2, 0.25) is 0 Å². The second-order valence-corrected chi connectivity index (χ2v) is 7.81. The minimum Gasteiger partial charge on any atom is -0.497 e. The highest BCUT2D eigenvalue weighted by molar-refractivity contribution is 5.83. The number of carbonyl (C=O) groups excluding carboxylic acids is 1. The van der Waals surface area contributed by atoms with Gasteiger partial charge in [0, 0.05) is 37.1 Å². The lowest BCUT2D eigenvalue weighted by molar-refractivity contribution is -0.155. The van der Waals surface area contributed by atoms with E-state index in [4.69, 9.17) is 9.26 Å². The number of likely N-dealkylation sites (tertiary alicyclic amines) is 1. The van der Waals surface area contributed by atoms with Gasteiger partial charge >= 0.3 is 5.97 Å². The predicted octanol–water partition coefficient (Wildman–Crippen LogP) is 3.00. The SMILES string of the molecule is COc1ccc(-c2cc(C[C@]3(C(=O)O)CCCN(C(=O)C4CC4)C3)on2)cc1. The van der Waals surface area contributed by atoms with Crippen molar-refractivity contribution < 1.29 is 24.0 Å². The summed E-state index contributed by atoms with van der Waals surface area (Å²) in [7, 11) is 1.61. The first-order valence-corrected chi connectivity index (χ1v) is 9.63. The van der Waals surface area contributed by atoms with Gasteiger partial charge < -0.3 is 19.3 Å². The predicted molar refractivity (Wildman–Crippen MR) is 101 cm³/mol. The first-order valence-electron chi connectivity index (χ1n) is 9.63. The van der Waals surface area contributed by atoms with Crippen LogP contribution in [0.3, 0.4) is 0 Å². The number of amides is 1. The maximum atomic E-state index is 12.5. The average Bonchev–Trinajstić information content (AvgIpc) is 3.47. The van der Waals surface area contributed by atoms with Gasteiger partial charge in [0.05, 0.1) is 12.5 Å². The molecule has 7 nitrogen and oxygen atoms in total. The van der Waals surface area contributed by atoms with Gasteiger partial charge in [0.1, 0.15) is 17.2 Å². The third kappa shape index (κ3) is 3.61. The van der Waals surface area contributed by atoms with Crippen molar-refractivity contribution in [3.05, 3.63) is 36.1 Å². The van der Waals surface area contributed by atoms with Crippen LogP contribution in [0.15, 0.2) is 34.9 Å². The highest BCUT2D eigenvalue weighted by atomic mass is 16.5. The van der Waals surface area contributed by atoms with Crippen molar-refractivity contribution in [1.82, 2.24) is 10.1 Å². The molecule has 1 aromatic heterocycles. The van der Waals surface area contributed by atoms with Crippen LogP contribution in [-0.2, 0) is 16.0 Å². The Morgan fingerprint density at radius 2 is 2.07 bits per heavy atom. The first kappa shape index (κ1) is 18.5. The Hall–Kier alpha value is -2.83. The number of rotatable bonds is 6. The fourth-order valence-corrected chi connectivity index (χ4v) is 3.93. The summed E-state index contributed by atoms with van der Waals surface area (Å²) in [4.78, 5) is 26.4. The summed E-state index contributed by atoms with van der Waals surface area (Å²) in [6.45, 7) is 0.869. The van der Waals surface area contributed by atoms with Crippen molar-refractivity contribution in [3.63, 3.8) is 0 Å². The van der Waals surface area contributed by atoms with Crippen molar-refractivity contribution in [3.8, 4) is 17.0 Å². The van der Waals surface area contributed by atoms with Crippen LogP contribution in [0.25, 0.3) is 11.3 Å².